The van der Waals surface area contributed by atoms with Gasteiger partial charge in [-0.2, -0.15) is 0 Å². The second-order valence-electron chi connectivity index (χ2n) is 5.85. The van der Waals surface area contributed by atoms with Gasteiger partial charge in [-0.15, -0.1) is 15.0 Å². The van der Waals surface area contributed by atoms with Crippen LogP contribution in [0.4, 0.5) is 0 Å². The zero-order valence-electron chi connectivity index (χ0n) is 13.4. The van der Waals surface area contributed by atoms with Crippen molar-refractivity contribution in [2.75, 3.05) is 0 Å². The molecular formula is C19H17N5. The minimum atomic E-state index is 0.512. The number of pyridine rings is 1. The Bertz CT molecular complexity index is 908. The standard InChI is InChI=1S/C19H17N5/c1-14-7-2-3-10-17(14)15-8-6-9-16(13-15)24-22-19(21-23-24)18-11-4-5-12-20-18/h2-6,8-14H,7H2,1H3. The van der Waals surface area contributed by atoms with Crippen LogP contribution in [0.15, 0.2) is 66.9 Å². The van der Waals surface area contributed by atoms with Crippen molar-refractivity contribution in [1.82, 2.24) is 25.2 Å². The fourth-order valence-electron chi connectivity index (χ4n) is 2.86. The fourth-order valence-corrected chi connectivity index (χ4v) is 2.86. The molecule has 0 saturated heterocycles. The molecule has 1 aromatic carbocycles. The molecule has 0 radical (unpaired) electrons. The van der Waals surface area contributed by atoms with Crippen LogP contribution >= 0.6 is 0 Å². The SMILES string of the molecule is CC1CC=CC=C1c1cccc(-n2nnc(-c3ccccn3)n2)c1. The summed E-state index contributed by atoms with van der Waals surface area (Å²) in [5, 5.41) is 12.7. The minimum Gasteiger partial charge on any atom is -0.253 e. The lowest BCUT2D eigenvalue weighted by Crippen LogP contribution is -2.03. The monoisotopic (exact) mass is 315 g/mol. The Hall–Kier alpha value is -3.08. The maximum atomic E-state index is 4.45. The zero-order valence-corrected chi connectivity index (χ0v) is 13.4. The van der Waals surface area contributed by atoms with E-state index >= 15 is 0 Å². The Morgan fingerprint density at radius 3 is 2.92 bits per heavy atom. The number of aromatic nitrogens is 5. The molecule has 4 rings (SSSR count). The van der Waals surface area contributed by atoms with E-state index in [1.807, 2.05) is 30.3 Å². The van der Waals surface area contributed by atoms with Crippen LogP contribution in [-0.2, 0) is 0 Å². The van der Waals surface area contributed by atoms with Crippen molar-refractivity contribution in [2.24, 2.45) is 5.92 Å². The molecule has 1 atom stereocenters. The second kappa shape index (κ2) is 6.20. The van der Waals surface area contributed by atoms with Crippen LogP contribution in [0, 0.1) is 5.92 Å². The average Bonchev–Trinajstić information content (AvgIpc) is 3.13. The van der Waals surface area contributed by atoms with E-state index in [-0.39, 0.29) is 0 Å². The van der Waals surface area contributed by atoms with Crippen molar-refractivity contribution in [3.8, 4) is 17.2 Å². The first-order valence-corrected chi connectivity index (χ1v) is 8.00. The van der Waals surface area contributed by atoms with Crippen LogP contribution in [0.25, 0.3) is 22.8 Å². The van der Waals surface area contributed by atoms with E-state index in [2.05, 4.69) is 57.7 Å². The van der Waals surface area contributed by atoms with Crippen molar-refractivity contribution in [3.63, 3.8) is 0 Å². The van der Waals surface area contributed by atoms with E-state index in [1.165, 1.54) is 11.1 Å². The van der Waals surface area contributed by atoms with Crippen LogP contribution in [0.1, 0.15) is 18.9 Å². The molecule has 2 aromatic heterocycles. The molecule has 24 heavy (non-hydrogen) atoms. The first-order chi connectivity index (χ1) is 11.8. The highest BCUT2D eigenvalue weighted by Gasteiger charge is 2.14. The Labute approximate surface area is 140 Å². The third-order valence-electron chi connectivity index (χ3n) is 4.15. The highest BCUT2D eigenvalue weighted by atomic mass is 15.6. The van der Waals surface area contributed by atoms with Gasteiger partial charge in [0.2, 0.25) is 5.82 Å². The minimum absolute atomic E-state index is 0.512. The molecule has 2 heterocycles. The Morgan fingerprint density at radius 1 is 1.12 bits per heavy atom. The summed E-state index contributed by atoms with van der Waals surface area (Å²) in [4.78, 5) is 5.81. The molecule has 0 saturated carbocycles. The molecule has 118 valence electrons. The number of tetrazole rings is 1. The Balaban J connectivity index is 1.68. The van der Waals surface area contributed by atoms with Crippen molar-refractivity contribution < 1.29 is 0 Å². The van der Waals surface area contributed by atoms with Gasteiger partial charge in [0.25, 0.3) is 0 Å². The molecule has 3 aromatic rings. The van der Waals surface area contributed by atoms with E-state index in [0.29, 0.717) is 17.4 Å². The molecule has 5 nitrogen and oxygen atoms in total. The maximum Gasteiger partial charge on any atom is 0.223 e. The van der Waals surface area contributed by atoms with Gasteiger partial charge in [-0.05, 0) is 53.0 Å². The van der Waals surface area contributed by atoms with Crippen molar-refractivity contribution in [2.45, 2.75) is 13.3 Å². The van der Waals surface area contributed by atoms with Crippen LogP contribution in [-0.4, -0.2) is 25.2 Å². The Kier molecular flexibility index (Phi) is 3.75. The molecule has 0 aliphatic heterocycles. The Morgan fingerprint density at radius 2 is 2.08 bits per heavy atom. The summed E-state index contributed by atoms with van der Waals surface area (Å²) >= 11 is 0. The van der Waals surface area contributed by atoms with E-state index in [4.69, 9.17) is 0 Å². The lowest BCUT2D eigenvalue weighted by Gasteiger charge is -2.17. The number of hydrogen-bond acceptors (Lipinski definition) is 4. The summed E-state index contributed by atoms with van der Waals surface area (Å²) in [6, 6.07) is 13.9. The highest BCUT2D eigenvalue weighted by Crippen LogP contribution is 2.30. The molecule has 0 spiro atoms. The number of allylic oxidation sites excluding steroid dienone is 4. The van der Waals surface area contributed by atoms with Gasteiger partial charge in [0.1, 0.15) is 5.69 Å². The molecule has 1 aliphatic rings. The van der Waals surface area contributed by atoms with Crippen molar-refractivity contribution >= 4 is 5.57 Å². The van der Waals surface area contributed by atoms with Crippen molar-refractivity contribution in [3.05, 3.63) is 72.5 Å². The summed E-state index contributed by atoms with van der Waals surface area (Å²) in [6.07, 6.45) is 9.30. The van der Waals surface area contributed by atoms with Crippen LogP contribution in [0.2, 0.25) is 0 Å². The first kappa shape index (κ1) is 14.5. The summed E-state index contributed by atoms with van der Waals surface area (Å²) in [5.74, 6) is 1.03. The van der Waals surface area contributed by atoms with Gasteiger partial charge in [-0.1, -0.05) is 43.4 Å². The highest BCUT2D eigenvalue weighted by molar-refractivity contribution is 5.71. The largest absolute Gasteiger partial charge is 0.253 e. The van der Waals surface area contributed by atoms with Crippen LogP contribution in [0.3, 0.4) is 0 Å². The van der Waals surface area contributed by atoms with E-state index in [9.17, 15) is 0 Å². The smallest absolute Gasteiger partial charge is 0.223 e. The normalized spacial score (nSPS) is 16.9. The van der Waals surface area contributed by atoms with Gasteiger partial charge in [0, 0.05) is 6.20 Å². The summed E-state index contributed by atoms with van der Waals surface area (Å²) in [7, 11) is 0. The number of nitrogens with zero attached hydrogens (tertiary/aromatic N) is 5. The molecule has 5 heteroatoms. The molecular weight excluding hydrogens is 298 g/mol. The summed E-state index contributed by atoms with van der Waals surface area (Å²) < 4.78 is 0. The van der Waals surface area contributed by atoms with Gasteiger partial charge in [-0.3, -0.25) is 4.98 Å². The predicted molar refractivity (Wildman–Crippen MR) is 93.3 cm³/mol. The van der Waals surface area contributed by atoms with Gasteiger partial charge in [-0.25, -0.2) is 0 Å². The van der Waals surface area contributed by atoms with Crippen molar-refractivity contribution in [1.29, 1.82) is 0 Å². The van der Waals surface area contributed by atoms with Gasteiger partial charge in [0.15, 0.2) is 0 Å². The molecule has 0 N–H and O–H groups in total. The molecule has 1 aliphatic carbocycles. The zero-order chi connectivity index (χ0) is 16.4. The molecule has 0 fully saturated rings. The number of rotatable bonds is 3. The molecule has 0 bridgehead atoms. The number of benzene rings is 1. The van der Waals surface area contributed by atoms with E-state index in [1.54, 1.807) is 11.0 Å². The second-order valence-corrected chi connectivity index (χ2v) is 5.85. The van der Waals surface area contributed by atoms with Gasteiger partial charge in [0.05, 0.1) is 5.69 Å². The lowest BCUT2D eigenvalue weighted by molar-refractivity contribution is 0.718. The predicted octanol–water partition coefficient (Wildman–Crippen LogP) is 3.70. The van der Waals surface area contributed by atoms with E-state index < -0.39 is 0 Å². The third-order valence-corrected chi connectivity index (χ3v) is 4.15. The van der Waals surface area contributed by atoms with Crippen LogP contribution in [0.5, 0.6) is 0 Å². The summed E-state index contributed by atoms with van der Waals surface area (Å²) in [6.45, 7) is 2.24. The molecule has 1 unspecified atom stereocenters. The van der Waals surface area contributed by atoms with Gasteiger partial charge >= 0.3 is 0 Å². The topological polar surface area (TPSA) is 56.5 Å². The van der Waals surface area contributed by atoms with Crippen LogP contribution < -0.4 is 0 Å². The summed E-state index contributed by atoms with van der Waals surface area (Å²) in [5.41, 5.74) is 4.14. The quantitative estimate of drug-likeness (QED) is 0.739. The van der Waals surface area contributed by atoms with Gasteiger partial charge < -0.3 is 0 Å². The average molecular weight is 315 g/mol. The first-order valence-electron chi connectivity index (χ1n) is 8.00. The lowest BCUT2D eigenvalue weighted by atomic mass is 9.88. The maximum absolute atomic E-state index is 4.45. The number of hydrogen-bond donors (Lipinski definition) is 0. The van der Waals surface area contributed by atoms with E-state index in [0.717, 1.165) is 12.1 Å². The molecule has 0 amide bonds. The third kappa shape index (κ3) is 2.76. The fraction of sp³-hybridized carbons (Fsp3) is 0.158.